The summed E-state index contributed by atoms with van der Waals surface area (Å²) >= 11 is 0. The zero-order chi connectivity index (χ0) is 29.7. The van der Waals surface area contributed by atoms with Crippen molar-refractivity contribution in [1.29, 1.82) is 0 Å². The lowest BCUT2D eigenvalue weighted by atomic mass is 9.96. The van der Waals surface area contributed by atoms with Crippen molar-refractivity contribution in [2.45, 2.75) is 64.4 Å². The number of rotatable bonds is 14. The number of primary amides is 1. The molecule has 0 aliphatic carbocycles. The second kappa shape index (κ2) is 12.7. The number of unbranched alkanes of at least 4 members (excludes halogenated alkanes) is 2. The van der Waals surface area contributed by atoms with Crippen molar-refractivity contribution in [2.75, 3.05) is 18.3 Å². The highest BCUT2D eigenvalue weighted by molar-refractivity contribution is 7.92. The molecule has 2 aromatic carbocycles. The molecule has 11 heteroatoms. The number of amides is 1. The average Bonchev–Trinajstić information content (AvgIpc) is 3.18. The van der Waals surface area contributed by atoms with E-state index in [9.17, 15) is 18.0 Å². The van der Waals surface area contributed by atoms with E-state index in [1.54, 1.807) is 44.2 Å². The molecule has 0 aliphatic rings. The van der Waals surface area contributed by atoms with E-state index in [1.807, 2.05) is 20.9 Å². The van der Waals surface area contributed by atoms with Crippen LogP contribution in [0.4, 0.5) is 10.3 Å². The third kappa shape index (κ3) is 6.95. The van der Waals surface area contributed by atoms with Gasteiger partial charge < -0.3 is 19.5 Å². The lowest BCUT2D eigenvalue weighted by Gasteiger charge is -2.42. The maximum absolute atomic E-state index is 15.7. The Hall–Kier alpha value is -3.57. The minimum absolute atomic E-state index is 0.00229. The minimum atomic E-state index is -4.13. The lowest BCUT2D eigenvalue weighted by Crippen LogP contribution is -2.59. The highest BCUT2D eigenvalue weighted by Crippen LogP contribution is 2.33. The van der Waals surface area contributed by atoms with Gasteiger partial charge in [-0.2, -0.15) is 0 Å². The Bertz CT molecular complexity index is 1470. The molecule has 0 aliphatic heterocycles. The Morgan fingerprint density at radius 2 is 1.85 bits per heavy atom. The summed E-state index contributed by atoms with van der Waals surface area (Å²) in [6, 6.07) is 10.3. The number of aromatic nitrogens is 1. The SMILES string of the molecule is Cc1noc(NS(=O)(=O)c2ccccc2-c2ccc(C[N+](C)(CCCCC=O)[C@H](C(N)=O)C(C)C)cc2F)c1C. The Labute approximate surface area is 235 Å². The van der Waals surface area contributed by atoms with E-state index < -0.39 is 27.8 Å². The normalized spacial score (nSPS) is 14.1. The standard InChI is InChI=1S/C29H37FN4O5S/c1-19(2)27(28(31)36)34(5,15-9-6-10-16-35)18-22-13-14-23(25(30)17-22)24-11-7-8-12-26(24)40(37,38)33-29-20(3)21(4)32-39-29/h7-8,11-14,16-17,19,27H,6,9-10,15,18H2,1-5H3,(H2-,31,32,33,36)/p+1/t27-,34?/m0/s1. The van der Waals surface area contributed by atoms with Gasteiger partial charge in [0.2, 0.25) is 5.88 Å². The van der Waals surface area contributed by atoms with Crippen LogP contribution < -0.4 is 10.5 Å². The van der Waals surface area contributed by atoms with E-state index in [0.717, 1.165) is 6.29 Å². The van der Waals surface area contributed by atoms with Crippen LogP contribution in [0.1, 0.15) is 49.9 Å². The van der Waals surface area contributed by atoms with Gasteiger partial charge in [-0.15, -0.1) is 0 Å². The number of carbonyl (C=O) groups is 2. The summed E-state index contributed by atoms with van der Waals surface area (Å²) in [5, 5.41) is 3.78. The molecule has 0 fully saturated rings. The molecule has 0 saturated carbocycles. The summed E-state index contributed by atoms with van der Waals surface area (Å²) in [6.07, 6.45) is 2.68. The van der Waals surface area contributed by atoms with Gasteiger partial charge in [-0.3, -0.25) is 4.79 Å². The largest absolute Gasteiger partial charge is 0.365 e. The first-order valence-corrected chi connectivity index (χ1v) is 14.7. The van der Waals surface area contributed by atoms with E-state index >= 15 is 4.39 Å². The fourth-order valence-electron chi connectivity index (χ4n) is 5.28. The van der Waals surface area contributed by atoms with Crippen LogP contribution in [0.3, 0.4) is 0 Å². The van der Waals surface area contributed by atoms with Crippen molar-refractivity contribution in [3.63, 3.8) is 0 Å². The number of carbonyl (C=O) groups excluding carboxylic acids is 2. The molecule has 216 valence electrons. The second-order valence-corrected chi connectivity index (χ2v) is 12.4. The molecule has 0 radical (unpaired) electrons. The van der Waals surface area contributed by atoms with Crippen LogP contribution in [0.15, 0.2) is 51.9 Å². The number of aryl methyl sites for hydroxylation is 1. The Kier molecular flexibility index (Phi) is 9.86. The number of likely N-dealkylation sites (N-methyl/N-ethyl adjacent to an activating group) is 1. The van der Waals surface area contributed by atoms with E-state index in [-0.39, 0.29) is 32.3 Å². The number of halogens is 1. The third-order valence-electron chi connectivity index (χ3n) is 7.26. The van der Waals surface area contributed by atoms with Crippen molar-refractivity contribution in [3.8, 4) is 11.1 Å². The van der Waals surface area contributed by atoms with Crippen LogP contribution in [-0.2, 0) is 26.2 Å². The van der Waals surface area contributed by atoms with E-state index in [1.165, 1.54) is 12.1 Å². The number of nitrogens with zero attached hydrogens (tertiary/aromatic N) is 2. The molecular weight excluding hydrogens is 535 g/mol. The van der Waals surface area contributed by atoms with Crippen molar-refractivity contribution in [1.82, 2.24) is 5.16 Å². The van der Waals surface area contributed by atoms with Gasteiger partial charge in [0.25, 0.3) is 15.9 Å². The van der Waals surface area contributed by atoms with E-state index in [0.29, 0.717) is 49.2 Å². The first-order valence-electron chi connectivity index (χ1n) is 13.2. The number of benzene rings is 2. The topological polar surface area (TPSA) is 132 Å². The summed E-state index contributed by atoms with van der Waals surface area (Å²) in [4.78, 5) is 23.1. The number of nitrogens with one attached hydrogen (secondary N) is 1. The number of hydrogen-bond donors (Lipinski definition) is 2. The molecule has 1 heterocycles. The molecule has 2 atom stereocenters. The number of quaternary nitrogens is 1. The number of nitrogens with two attached hydrogens (primary N) is 1. The summed E-state index contributed by atoms with van der Waals surface area (Å²) in [5.41, 5.74) is 7.86. The first kappa shape index (κ1) is 31.0. The van der Waals surface area contributed by atoms with Crippen molar-refractivity contribution < 1.29 is 31.4 Å². The zero-order valence-corrected chi connectivity index (χ0v) is 24.4. The number of anilines is 1. The molecule has 1 unspecified atom stereocenters. The monoisotopic (exact) mass is 573 g/mol. The van der Waals surface area contributed by atoms with Gasteiger partial charge in [0.15, 0.2) is 6.04 Å². The maximum atomic E-state index is 15.7. The number of aldehydes is 1. The van der Waals surface area contributed by atoms with Gasteiger partial charge in [-0.1, -0.05) is 49.3 Å². The van der Waals surface area contributed by atoms with Gasteiger partial charge in [0.1, 0.15) is 18.6 Å². The first-order chi connectivity index (χ1) is 18.8. The number of sulfonamides is 1. The third-order valence-corrected chi connectivity index (χ3v) is 8.65. The van der Waals surface area contributed by atoms with Crippen LogP contribution in [0.5, 0.6) is 0 Å². The fraction of sp³-hybridized carbons (Fsp3) is 0.414. The summed E-state index contributed by atoms with van der Waals surface area (Å²) in [6.45, 7) is 8.14. The minimum Gasteiger partial charge on any atom is -0.365 e. The Balaban J connectivity index is 1.96. The predicted octanol–water partition coefficient (Wildman–Crippen LogP) is 4.72. The van der Waals surface area contributed by atoms with Gasteiger partial charge in [0, 0.05) is 34.6 Å². The van der Waals surface area contributed by atoms with E-state index in [2.05, 4.69) is 9.88 Å². The van der Waals surface area contributed by atoms with E-state index in [4.69, 9.17) is 10.3 Å². The van der Waals surface area contributed by atoms with Crippen LogP contribution in [-0.4, -0.2) is 49.9 Å². The van der Waals surface area contributed by atoms with Gasteiger partial charge >= 0.3 is 0 Å². The maximum Gasteiger partial charge on any atom is 0.276 e. The molecule has 3 aromatic rings. The quantitative estimate of drug-likeness (QED) is 0.163. The Morgan fingerprint density at radius 3 is 2.42 bits per heavy atom. The molecule has 3 rings (SSSR count). The van der Waals surface area contributed by atoms with Gasteiger partial charge in [-0.25, -0.2) is 17.5 Å². The highest BCUT2D eigenvalue weighted by atomic mass is 32.2. The smallest absolute Gasteiger partial charge is 0.276 e. The summed E-state index contributed by atoms with van der Waals surface area (Å²) in [5.74, 6) is -1.09. The van der Waals surface area contributed by atoms with Crippen molar-refractivity contribution in [2.24, 2.45) is 11.7 Å². The Morgan fingerprint density at radius 1 is 1.15 bits per heavy atom. The molecule has 9 nitrogen and oxygen atoms in total. The molecule has 40 heavy (non-hydrogen) atoms. The van der Waals surface area contributed by atoms with Gasteiger partial charge in [-0.05, 0) is 38.8 Å². The average molecular weight is 574 g/mol. The van der Waals surface area contributed by atoms with Crippen LogP contribution in [0.2, 0.25) is 0 Å². The predicted molar refractivity (Wildman–Crippen MR) is 151 cm³/mol. The fourth-order valence-corrected chi connectivity index (χ4v) is 6.55. The molecule has 0 spiro atoms. The van der Waals surface area contributed by atoms with Crippen LogP contribution >= 0.6 is 0 Å². The molecular formula is C29H38FN4O5S+. The molecule has 1 amide bonds. The number of hydrogen-bond acceptors (Lipinski definition) is 6. The van der Waals surface area contributed by atoms with Crippen molar-refractivity contribution in [3.05, 3.63) is 65.1 Å². The molecule has 0 bridgehead atoms. The second-order valence-electron chi connectivity index (χ2n) is 10.8. The van der Waals surface area contributed by atoms with Gasteiger partial charge in [0.05, 0.1) is 24.2 Å². The molecule has 3 N–H and O–H groups in total. The van der Waals surface area contributed by atoms with Crippen LogP contribution in [0.25, 0.3) is 11.1 Å². The summed E-state index contributed by atoms with van der Waals surface area (Å²) < 4.78 is 50.0. The summed E-state index contributed by atoms with van der Waals surface area (Å²) in [7, 11) is -2.21. The lowest BCUT2D eigenvalue weighted by molar-refractivity contribution is -0.940. The van der Waals surface area contributed by atoms with Crippen molar-refractivity contribution >= 4 is 28.1 Å². The highest BCUT2D eigenvalue weighted by Gasteiger charge is 2.39. The zero-order valence-electron chi connectivity index (χ0n) is 23.6. The molecule has 1 aromatic heterocycles. The van der Waals surface area contributed by atoms with Crippen LogP contribution in [0, 0.1) is 25.6 Å². The molecule has 0 saturated heterocycles.